The van der Waals surface area contributed by atoms with Gasteiger partial charge in [-0.05, 0) is 0 Å². The molecule has 0 N–H and O–H groups in total. The molecule has 0 atom stereocenters. The molecule has 0 aromatic rings. The Morgan fingerprint density at radius 2 is 1.75 bits per heavy atom. The lowest BCUT2D eigenvalue weighted by Gasteiger charge is -2.44. The van der Waals surface area contributed by atoms with E-state index in [-0.39, 0.29) is 18.7 Å². The zero-order chi connectivity index (χ0) is 9.57. The molecule has 1 aliphatic carbocycles. The van der Waals surface area contributed by atoms with E-state index in [0.29, 0.717) is 0 Å². The lowest BCUT2D eigenvalue weighted by molar-refractivity contribution is -0.181. The average Bonchev–Trinajstić information content (AvgIpc) is 1.81. The molecule has 0 unspecified atom stereocenters. The van der Waals surface area contributed by atoms with Crippen LogP contribution in [0.5, 0.6) is 0 Å². The summed E-state index contributed by atoms with van der Waals surface area (Å²) < 4.78 is 25.0. The van der Waals surface area contributed by atoms with E-state index in [1.165, 1.54) is 4.90 Å². The number of rotatable bonds is 1. The molecule has 4 heteroatoms. The van der Waals surface area contributed by atoms with E-state index in [9.17, 15) is 13.6 Å². The van der Waals surface area contributed by atoms with Crippen molar-refractivity contribution in [2.24, 2.45) is 5.41 Å². The van der Waals surface area contributed by atoms with Gasteiger partial charge in [0.1, 0.15) is 0 Å². The van der Waals surface area contributed by atoms with E-state index in [1.54, 1.807) is 21.0 Å². The minimum Gasteiger partial charge on any atom is -0.348 e. The Hall–Kier alpha value is -0.670. The molecule has 0 saturated heterocycles. The van der Waals surface area contributed by atoms with Crippen LogP contribution in [0, 0.1) is 5.41 Å². The maximum atomic E-state index is 12.5. The second-order valence-electron chi connectivity index (χ2n) is 3.97. The van der Waals surface area contributed by atoms with E-state index in [4.69, 9.17) is 0 Å². The van der Waals surface area contributed by atoms with Gasteiger partial charge in [-0.3, -0.25) is 4.79 Å². The van der Waals surface area contributed by atoms with Crippen LogP contribution in [0.3, 0.4) is 0 Å². The molecule has 0 spiro atoms. The van der Waals surface area contributed by atoms with Crippen LogP contribution in [-0.2, 0) is 4.79 Å². The quantitative estimate of drug-likeness (QED) is 0.594. The highest BCUT2D eigenvalue weighted by molar-refractivity contribution is 5.83. The van der Waals surface area contributed by atoms with Crippen molar-refractivity contribution in [3.63, 3.8) is 0 Å². The van der Waals surface area contributed by atoms with Crippen molar-refractivity contribution >= 4 is 5.91 Å². The number of alkyl halides is 2. The summed E-state index contributed by atoms with van der Waals surface area (Å²) in [6, 6.07) is 0. The highest BCUT2D eigenvalue weighted by Crippen LogP contribution is 2.52. The van der Waals surface area contributed by atoms with E-state index in [1.807, 2.05) is 0 Å². The second kappa shape index (κ2) is 2.41. The Labute approximate surface area is 70.5 Å². The minimum atomic E-state index is -2.62. The molecule has 1 saturated carbocycles. The van der Waals surface area contributed by atoms with Gasteiger partial charge >= 0.3 is 0 Å². The number of hydrogen-bond donors (Lipinski definition) is 0. The molecule has 1 fully saturated rings. The van der Waals surface area contributed by atoms with E-state index in [2.05, 4.69) is 0 Å². The molecule has 2 nitrogen and oxygen atoms in total. The van der Waals surface area contributed by atoms with Crippen LogP contribution < -0.4 is 0 Å². The van der Waals surface area contributed by atoms with Crippen molar-refractivity contribution in [1.82, 2.24) is 4.90 Å². The highest BCUT2D eigenvalue weighted by Gasteiger charge is 2.58. The van der Waals surface area contributed by atoms with Crippen LogP contribution in [-0.4, -0.2) is 30.8 Å². The molecule has 0 aromatic heterocycles. The van der Waals surface area contributed by atoms with Crippen molar-refractivity contribution < 1.29 is 13.6 Å². The molecule has 0 radical (unpaired) electrons. The fourth-order valence-electron chi connectivity index (χ4n) is 1.78. The maximum Gasteiger partial charge on any atom is 0.250 e. The lowest BCUT2D eigenvalue weighted by atomic mass is 9.66. The molecule has 70 valence electrons. The monoisotopic (exact) mass is 177 g/mol. The van der Waals surface area contributed by atoms with E-state index >= 15 is 0 Å². The molecule has 12 heavy (non-hydrogen) atoms. The molecule has 0 heterocycles. The van der Waals surface area contributed by atoms with Gasteiger partial charge in [-0.2, -0.15) is 0 Å². The Morgan fingerprint density at radius 3 is 2.00 bits per heavy atom. The predicted octanol–water partition coefficient (Wildman–Crippen LogP) is 1.51. The first-order valence-electron chi connectivity index (χ1n) is 3.86. The van der Waals surface area contributed by atoms with Crippen LogP contribution in [0.1, 0.15) is 19.8 Å². The fraction of sp³-hybridized carbons (Fsp3) is 0.875. The van der Waals surface area contributed by atoms with Gasteiger partial charge in [0.05, 0.1) is 5.41 Å². The topological polar surface area (TPSA) is 20.3 Å². The zero-order valence-corrected chi connectivity index (χ0v) is 7.53. The largest absolute Gasteiger partial charge is 0.348 e. The first-order valence-corrected chi connectivity index (χ1v) is 3.86. The van der Waals surface area contributed by atoms with Crippen LogP contribution in [0.15, 0.2) is 0 Å². The molecular formula is C8H13F2NO. The predicted molar refractivity (Wildman–Crippen MR) is 41.0 cm³/mol. The van der Waals surface area contributed by atoms with Gasteiger partial charge in [-0.25, -0.2) is 8.78 Å². The van der Waals surface area contributed by atoms with Crippen LogP contribution in [0.4, 0.5) is 8.78 Å². The number of carbonyl (C=O) groups is 1. The van der Waals surface area contributed by atoms with Crippen LogP contribution >= 0.6 is 0 Å². The van der Waals surface area contributed by atoms with E-state index in [0.717, 1.165) is 0 Å². The highest BCUT2D eigenvalue weighted by atomic mass is 19.3. The summed E-state index contributed by atoms with van der Waals surface area (Å²) in [6.45, 7) is 1.59. The van der Waals surface area contributed by atoms with Gasteiger partial charge in [0.25, 0.3) is 0 Å². The van der Waals surface area contributed by atoms with Crippen molar-refractivity contribution in [2.75, 3.05) is 14.1 Å². The maximum absolute atomic E-state index is 12.5. The normalized spacial score (nSPS) is 24.4. The fourth-order valence-corrected chi connectivity index (χ4v) is 1.78. The zero-order valence-electron chi connectivity index (χ0n) is 7.53. The Morgan fingerprint density at radius 1 is 1.33 bits per heavy atom. The van der Waals surface area contributed by atoms with Gasteiger partial charge in [0.15, 0.2) is 0 Å². The van der Waals surface area contributed by atoms with Gasteiger partial charge in [-0.1, -0.05) is 6.92 Å². The third-order valence-corrected chi connectivity index (χ3v) is 2.22. The number of nitrogens with zero attached hydrogens (tertiary/aromatic N) is 1. The van der Waals surface area contributed by atoms with Gasteiger partial charge in [0.2, 0.25) is 11.8 Å². The summed E-state index contributed by atoms with van der Waals surface area (Å²) in [5.74, 6) is -2.83. The molecule has 0 bridgehead atoms. The Bertz CT molecular complexity index is 205. The summed E-state index contributed by atoms with van der Waals surface area (Å²) in [7, 11) is 3.17. The summed E-state index contributed by atoms with van der Waals surface area (Å²) in [6.07, 6.45) is -0.617. The first kappa shape index (κ1) is 9.42. The molecule has 0 aliphatic heterocycles. The number of carbonyl (C=O) groups excluding carboxylic acids is 1. The molecular weight excluding hydrogens is 164 g/mol. The minimum absolute atomic E-state index is 0.201. The third-order valence-electron chi connectivity index (χ3n) is 2.22. The second-order valence-corrected chi connectivity index (χ2v) is 3.97. The summed E-state index contributed by atoms with van der Waals surface area (Å²) >= 11 is 0. The van der Waals surface area contributed by atoms with Gasteiger partial charge in [-0.15, -0.1) is 0 Å². The first-order chi connectivity index (χ1) is 5.27. The third kappa shape index (κ3) is 1.42. The SMILES string of the molecule is CN(C)C(=O)C1(C)CC(F)(F)C1. The van der Waals surface area contributed by atoms with Crippen molar-refractivity contribution in [1.29, 1.82) is 0 Å². The van der Waals surface area contributed by atoms with Crippen molar-refractivity contribution in [3.05, 3.63) is 0 Å². The van der Waals surface area contributed by atoms with Crippen LogP contribution in [0.2, 0.25) is 0 Å². The summed E-state index contributed by atoms with van der Waals surface area (Å²) in [5.41, 5.74) is -0.826. The lowest BCUT2D eigenvalue weighted by Crippen LogP contribution is -2.52. The van der Waals surface area contributed by atoms with Gasteiger partial charge < -0.3 is 4.90 Å². The smallest absolute Gasteiger partial charge is 0.250 e. The Balaban J connectivity index is 2.61. The number of hydrogen-bond acceptors (Lipinski definition) is 1. The average molecular weight is 177 g/mol. The standard InChI is InChI=1S/C8H13F2NO/c1-7(6(12)11(2)3)4-8(9,10)5-7/h4-5H2,1-3H3. The van der Waals surface area contributed by atoms with Crippen LogP contribution in [0.25, 0.3) is 0 Å². The number of amides is 1. The molecule has 1 amide bonds. The number of halogens is 2. The van der Waals surface area contributed by atoms with Crippen molar-refractivity contribution in [3.8, 4) is 0 Å². The van der Waals surface area contributed by atoms with Crippen molar-refractivity contribution in [2.45, 2.75) is 25.7 Å². The Kier molecular flexibility index (Phi) is 1.89. The summed E-state index contributed by atoms with van der Waals surface area (Å²) in [4.78, 5) is 12.7. The van der Waals surface area contributed by atoms with E-state index < -0.39 is 11.3 Å². The molecule has 1 aliphatic rings. The van der Waals surface area contributed by atoms with Gasteiger partial charge in [0, 0.05) is 26.9 Å². The molecule has 1 rings (SSSR count). The molecule has 0 aromatic carbocycles. The summed E-state index contributed by atoms with van der Waals surface area (Å²) in [5, 5.41) is 0.